The SMILES string of the molecule is CN1CCC(O)(C(=O)N[C@@H]2CCOC[C@H]2Oc2ccc(C#N)cc2)CC1. The van der Waals surface area contributed by atoms with E-state index >= 15 is 0 Å². The third-order valence-corrected chi connectivity index (χ3v) is 5.13. The number of hydrogen-bond acceptors (Lipinski definition) is 6. The average molecular weight is 359 g/mol. The van der Waals surface area contributed by atoms with Crippen LogP contribution in [-0.4, -0.2) is 67.0 Å². The van der Waals surface area contributed by atoms with E-state index in [1.54, 1.807) is 24.3 Å². The molecule has 26 heavy (non-hydrogen) atoms. The number of nitriles is 1. The highest BCUT2D eigenvalue weighted by molar-refractivity contribution is 5.85. The molecular formula is C19H25N3O4. The van der Waals surface area contributed by atoms with Crippen molar-refractivity contribution in [3.05, 3.63) is 29.8 Å². The van der Waals surface area contributed by atoms with Gasteiger partial charge in [-0.2, -0.15) is 5.26 Å². The Morgan fingerprint density at radius 2 is 2.08 bits per heavy atom. The fourth-order valence-electron chi connectivity index (χ4n) is 3.29. The highest BCUT2D eigenvalue weighted by Gasteiger charge is 2.41. The molecule has 0 aromatic heterocycles. The van der Waals surface area contributed by atoms with Gasteiger partial charge in [-0.1, -0.05) is 0 Å². The molecule has 7 nitrogen and oxygen atoms in total. The van der Waals surface area contributed by atoms with Crippen LogP contribution in [0, 0.1) is 11.3 Å². The average Bonchev–Trinajstić information content (AvgIpc) is 2.66. The maximum atomic E-state index is 12.7. The molecular weight excluding hydrogens is 334 g/mol. The third kappa shape index (κ3) is 4.33. The van der Waals surface area contributed by atoms with Gasteiger partial charge < -0.3 is 24.8 Å². The summed E-state index contributed by atoms with van der Waals surface area (Å²) in [6, 6.07) is 8.68. The molecule has 0 bridgehead atoms. The molecule has 2 aliphatic rings. The van der Waals surface area contributed by atoms with Crippen LogP contribution in [0.2, 0.25) is 0 Å². The van der Waals surface area contributed by atoms with Crippen molar-refractivity contribution in [3.63, 3.8) is 0 Å². The van der Waals surface area contributed by atoms with Crippen LogP contribution in [0.5, 0.6) is 5.75 Å². The number of rotatable bonds is 4. The van der Waals surface area contributed by atoms with E-state index < -0.39 is 5.60 Å². The number of nitrogens with one attached hydrogen (secondary N) is 1. The summed E-state index contributed by atoms with van der Waals surface area (Å²) in [5.74, 6) is 0.294. The van der Waals surface area contributed by atoms with E-state index in [9.17, 15) is 9.90 Å². The lowest BCUT2D eigenvalue weighted by molar-refractivity contribution is -0.147. The van der Waals surface area contributed by atoms with Crippen molar-refractivity contribution in [2.75, 3.05) is 33.4 Å². The summed E-state index contributed by atoms with van der Waals surface area (Å²) in [4.78, 5) is 14.8. The van der Waals surface area contributed by atoms with Crippen LogP contribution in [0.3, 0.4) is 0 Å². The first-order chi connectivity index (χ1) is 12.5. The highest BCUT2D eigenvalue weighted by Crippen LogP contribution is 2.23. The van der Waals surface area contributed by atoms with E-state index in [4.69, 9.17) is 14.7 Å². The van der Waals surface area contributed by atoms with Crippen molar-refractivity contribution in [1.29, 1.82) is 5.26 Å². The predicted octanol–water partition coefficient (Wildman–Crippen LogP) is 0.667. The van der Waals surface area contributed by atoms with Gasteiger partial charge in [-0.05, 0) is 50.6 Å². The number of hydrogen-bond donors (Lipinski definition) is 2. The summed E-state index contributed by atoms with van der Waals surface area (Å²) in [7, 11) is 1.98. The standard InChI is InChI=1S/C19H25N3O4/c1-22-9-7-19(24,8-10-22)18(23)21-16-6-11-25-13-17(16)26-15-4-2-14(12-20)3-5-15/h2-5,16-17,24H,6-11,13H2,1H3,(H,21,23)/t16-,17-/m1/s1. The second-order valence-electron chi connectivity index (χ2n) is 7.07. The molecule has 1 amide bonds. The lowest BCUT2D eigenvalue weighted by Crippen LogP contribution is -2.59. The van der Waals surface area contributed by atoms with Crippen LogP contribution in [0.1, 0.15) is 24.8 Å². The molecule has 1 aromatic carbocycles. The van der Waals surface area contributed by atoms with Crippen LogP contribution < -0.4 is 10.1 Å². The zero-order valence-corrected chi connectivity index (χ0v) is 15.0. The van der Waals surface area contributed by atoms with Crippen molar-refractivity contribution in [2.45, 2.75) is 37.0 Å². The summed E-state index contributed by atoms with van der Waals surface area (Å²) in [6.07, 6.45) is 1.15. The Balaban J connectivity index is 1.63. The number of benzene rings is 1. The normalized spacial score (nSPS) is 25.9. The van der Waals surface area contributed by atoms with Crippen molar-refractivity contribution >= 4 is 5.91 Å². The number of nitrogens with zero attached hydrogens (tertiary/aromatic N) is 2. The smallest absolute Gasteiger partial charge is 0.252 e. The summed E-state index contributed by atoms with van der Waals surface area (Å²) < 4.78 is 11.5. The Hall–Kier alpha value is -2.14. The molecule has 2 saturated heterocycles. The van der Waals surface area contributed by atoms with Crippen molar-refractivity contribution in [1.82, 2.24) is 10.2 Å². The molecule has 0 radical (unpaired) electrons. The number of ether oxygens (including phenoxy) is 2. The highest BCUT2D eigenvalue weighted by atomic mass is 16.5. The fourth-order valence-corrected chi connectivity index (χ4v) is 3.29. The second kappa shape index (κ2) is 8.04. The molecule has 0 spiro atoms. The first kappa shape index (κ1) is 18.6. The van der Waals surface area contributed by atoms with Gasteiger partial charge in [0, 0.05) is 19.7 Å². The van der Waals surface area contributed by atoms with Crippen molar-refractivity contribution < 1.29 is 19.4 Å². The summed E-state index contributed by atoms with van der Waals surface area (Å²) in [5, 5.41) is 22.5. The minimum atomic E-state index is -1.32. The maximum absolute atomic E-state index is 12.7. The van der Waals surface area contributed by atoms with Gasteiger partial charge >= 0.3 is 0 Å². The Morgan fingerprint density at radius 3 is 2.73 bits per heavy atom. The van der Waals surface area contributed by atoms with E-state index in [0.717, 1.165) is 0 Å². The molecule has 2 N–H and O–H groups in total. The zero-order valence-electron chi connectivity index (χ0n) is 15.0. The van der Waals surface area contributed by atoms with Gasteiger partial charge in [-0.15, -0.1) is 0 Å². The quantitative estimate of drug-likeness (QED) is 0.820. The fraction of sp³-hybridized carbons (Fsp3) is 0.579. The second-order valence-corrected chi connectivity index (χ2v) is 7.07. The van der Waals surface area contributed by atoms with Gasteiger partial charge in [-0.3, -0.25) is 4.79 Å². The van der Waals surface area contributed by atoms with Gasteiger partial charge in [0.25, 0.3) is 5.91 Å². The number of amides is 1. The van der Waals surface area contributed by atoms with Crippen LogP contribution in [-0.2, 0) is 9.53 Å². The van der Waals surface area contributed by atoms with Gasteiger partial charge in [0.05, 0.1) is 24.3 Å². The Kier molecular flexibility index (Phi) is 5.77. The molecule has 0 aliphatic carbocycles. The predicted molar refractivity (Wildman–Crippen MR) is 94.6 cm³/mol. The summed E-state index contributed by atoms with van der Waals surface area (Å²) >= 11 is 0. The van der Waals surface area contributed by atoms with Crippen LogP contribution in [0.25, 0.3) is 0 Å². The van der Waals surface area contributed by atoms with E-state index in [-0.39, 0.29) is 18.1 Å². The topological polar surface area (TPSA) is 94.8 Å². The molecule has 1 aromatic rings. The molecule has 2 aliphatic heterocycles. The van der Waals surface area contributed by atoms with E-state index in [1.165, 1.54) is 0 Å². The number of aliphatic hydroxyl groups is 1. The first-order valence-corrected chi connectivity index (χ1v) is 8.97. The van der Waals surface area contributed by atoms with E-state index in [1.807, 2.05) is 7.05 Å². The molecule has 140 valence electrons. The Labute approximate surface area is 153 Å². The molecule has 2 fully saturated rings. The van der Waals surface area contributed by atoms with Crippen molar-refractivity contribution in [2.24, 2.45) is 0 Å². The number of likely N-dealkylation sites (tertiary alicyclic amines) is 1. The van der Waals surface area contributed by atoms with Crippen LogP contribution in [0.15, 0.2) is 24.3 Å². The monoisotopic (exact) mass is 359 g/mol. The lowest BCUT2D eigenvalue weighted by Gasteiger charge is -2.38. The molecule has 2 heterocycles. The minimum Gasteiger partial charge on any atom is -0.486 e. The molecule has 2 atom stereocenters. The maximum Gasteiger partial charge on any atom is 0.252 e. The number of piperidine rings is 1. The third-order valence-electron chi connectivity index (χ3n) is 5.13. The zero-order chi connectivity index (χ0) is 18.6. The summed E-state index contributed by atoms with van der Waals surface area (Å²) in [6.45, 7) is 2.30. The number of carbonyl (C=O) groups excluding carboxylic acids is 1. The van der Waals surface area contributed by atoms with Crippen LogP contribution >= 0.6 is 0 Å². The van der Waals surface area contributed by atoms with E-state index in [2.05, 4.69) is 16.3 Å². The molecule has 0 saturated carbocycles. The number of carbonyl (C=O) groups is 1. The van der Waals surface area contributed by atoms with Gasteiger partial charge in [0.2, 0.25) is 0 Å². The van der Waals surface area contributed by atoms with Gasteiger partial charge in [0.1, 0.15) is 17.5 Å². The Bertz CT molecular complexity index is 662. The van der Waals surface area contributed by atoms with Gasteiger partial charge in [0.15, 0.2) is 0 Å². The molecule has 3 rings (SSSR count). The lowest BCUT2D eigenvalue weighted by atomic mass is 9.90. The molecule has 7 heteroatoms. The van der Waals surface area contributed by atoms with Crippen molar-refractivity contribution in [3.8, 4) is 11.8 Å². The van der Waals surface area contributed by atoms with Gasteiger partial charge in [-0.25, -0.2) is 0 Å². The first-order valence-electron chi connectivity index (χ1n) is 8.97. The minimum absolute atomic E-state index is 0.226. The van der Waals surface area contributed by atoms with Crippen LogP contribution in [0.4, 0.5) is 0 Å². The Morgan fingerprint density at radius 1 is 1.38 bits per heavy atom. The summed E-state index contributed by atoms with van der Waals surface area (Å²) in [5.41, 5.74) is -0.754. The largest absolute Gasteiger partial charge is 0.486 e. The van der Waals surface area contributed by atoms with E-state index in [0.29, 0.717) is 56.9 Å². The molecule has 0 unspecified atom stereocenters.